The van der Waals surface area contributed by atoms with Crippen molar-refractivity contribution in [2.24, 2.45) is 0 Å². The van der Waals surface area contributed by atoms with Crippen LogP contribution >= 0.6 is 10.7 Å². The molecule has 0 spiro atoms. The highest BCUT2D eigenvalue weighted by molar-refractivity contribution is 8.14. The summed E-state index contributed by atoms with van der Waals surface area (Å²) in [6, 6.07) is 0.901. The lowest BCUT2D eigenvalue weighted by molar-refractivity contribution is -0.277. The molecular formula is C7H6ClF3N2O4S. The van der Waals surface area contributed by atoms with E-state index >= 15 is 0 Å². The maximum Gasteiger partial charge on any atom is 0.574 e. The largest absolute Gasteiger partial charge is 0.574 e. The highest BCUT2D eigenvalue weighted by Crippen LogP contribution is 2.36. The molecule has 0 atom stereocenters. The average Bonchev–Trinajstić information content (AvgIpc) is 2.11. The number of hydrogen-bond acceptors (Lipinski definition) is 6. The zero-order valence-corrected chi connectivity index (χ0v) is 10.2. The van der Waals surface area contributed by atoms with Gasteiger partial charge in [-0.2, -0.15) is 4.98 Å². The molecule has 0 bridgehead atoms. The summed E-state index contributed by atoms with van der Waals surface area (Å²) in [5.74, 6) is -1.65. The van der Waals surface area contributed by atoms with E-state index in [4.69, 9.17) is 16.4 Å². The molecule has 1 rings (SSSR count). The quantitative estimate of drug-likeness (QED) is 0.851. The lowest BCUT2D eigenvalue weighted by Gasteiger charge is -2.13. The fraction of sp³-hybridized carbons (Fsp3) is 0.286. The van der Waals surface area contributed by atoms with Crippen molar-refractivity contribution in [2.45, 2.75) is 11.3 Å². The Balaban J connectivity index is 3.49. The highest BCUT2D eigenvalue weighted by atomic mass is 35.7. The van der Waals surface area contributed by atoms with Crippen molar-refractivity contribution in [3.05, 3.63) is 6.07 Å². The van der Waals surface area contributed by atoms with Gasteiger partial charge in [0.05, 0.1) is 12.8 Å². The number of anilines is 1. The van der Waals surface area contributed by atoms with Crippen molar-refractivity contribution >= 4 is 25.4 Å². The first-order valence-electron chi connectivity index (χ1n) is 4.09. The third-order valence-corrected chi connectivity index (χ3v) is 2.97. The van der Waals surface area contributed by atoms with E-state index in [1.807, 2.05) is 0 Å². The van der Waals surface area contributed by atoms with Gasteiger partial charge in [-0.15, -0.1) is 13.2 Å². The van der Waals surface area contributed by atoms with Crippen LogP contribution < -0.4 is 15.2 Å². The van der Waals surface area contributed by atoms with Crippen LogP contribution in [-0.2, 0) is 9.05 Å². The molecule has 0 unspecified atom stereocenters. The Morgan fingerprint density at radius 3 is 2.39 bits per heavy atom. The van der Waals surface area contributed by atoms with Crippen LogP contribution in [0.5, 0.6) is 11.8 Å². The van der Waals surface area contributed by atoms with E-state index in [-0.39, 0.29) is 5.88 Å². The predicted molar refractivity (Wildman–Crippen MR) is 54.9 cm³/mol. The minimum atomic E-state index is -5.15. The average molecular weight is 307 g/mol. The molecule has 0 amide bonds. The van der Waals surface area contributed by atoms with E-state index < -0.39 is 31.9 Å². The minimum absolute atomic E-state index is 0.351. The van der Waals surface area contributed by atoms with Gasteiger partial charge in [0.1, 0.15) is 0 Å². The molecule has 0 fully saturated rings. The number of halogens is 4. The van der Waals surface area contributed by atoms with E-state index in [0.717, 1.165) is 13.2 Å². The summed E-state index contributed by atoms with van der Waals surface area (Å²) in [5, 5.41) is 0. The second-order valence-corrected chi connectivity index (χ2v) is 5.38. The number of pyridine rings is 1. The molecule has 1 heterocycles. The molecule has 2 N–H and O–H groups in total. The highest BCUT2D eigenvalue weighted by Gasteiger charge is 2.36. The summed E-state index contributed by atoms with van der Waals surface area (Å²) in [7, 11) is 1.51. The van der Waals surface area contributed by atoms with E-state index in [1.165, 1.54) is 0 Å². The summed E-state index contributed by atoms with van der Waals surface area (Å²) >= 11 is 0. The smallest absolute Gasteiger partial charge is 0.481 e. The van der Waals surface area contributed by atoms with Crippen LogP contribution in [0.15, 0.2) is 11.0 Å². The molecule has 0 saturated carbocycles. The van der Waals surface area contributed by atoms with Gasteiger partial charge in [-0.3, -0.25) is 0 Å². The standard InChI is InChI=1S/C7H6ClF3N2O4S/c1-16-4-2-3(12)5(18(8,14)15)6(13-4)17-7(9,10)11/h2H,1H3,(H2,12,13). The summed E-state index contributed by atoms with van der Waals surface area (Å²) in [6.07, 6.45) is -5.15. The van der Waals surface area contributed by atoms with Crippen LogP contribution in [0.3, 0.4) is 0 Å². The van der Waals surface area contributed by atoms with Crippen molar-refractivity contribution in [1.82, 2.24) is 4.98 Å². The van der Waals surface area contributed by atoms with Crippen LogP contribution in [-0.4, -0.2) is 26.9 Å². The zero-order valence-electron chi connectivity index (χ0n) is 8.66. The summed E-state index contributed by atoms with van der Waals surface area (Å²) in [4.78, 5) is 2.13. The van der Waals surface area contributed by atoms with Crippen molar-refractivity contribution in [1.29, 1.82) is 0 Å². The number of nitrogens with zero attached hydrogens (tertiary/aromatic N) is 1. The molecule has 0 radical (unpaired) electrons. The lowest BCUT2D eigenvalue weighted by atomic mass is 10.4. The first-order chi connectivity index (χ1) is 8.04. The molecule has 6 nitrogen and oxygen atoms in total. The molecule has 1 aromatic heterocycles. The van der Waals surface area contributed by atoms with E-state index in [0.29, 0.717) is 0 Å². The maximum absolute atomic E-state index is 12.1. The van der Waals surface area contributed by atoms with Gasteiger partial charge in [0, 0.05) is 16.7 Å². The van der Waals surface area contributed by atoms with Gasteiger partial charge in [-0.1, -0.05) is 0 Å². The molecule has 0 aliphatic rings. The van der Waals surface area contributed by atoms with Gasteiger partial charge in [0.25, 0.3) is 9.05 Å². The maximum atomic E-state index is 12.1. The normalized spacial score (nSPS) is 12.3. The molecule has 0 aliphatic heterocycles. The van der Waals surface area contributed by atoms with Crippen LogP contribution in [0.2, 0.25) is 0 Å². The van der Waals surface area contributed by atoms with Crippen molar-refractivity contribution in [3.63, 3.8) is 0 Å². The third-order valence-electron chi connectivity index (χ3n) is 1.61. The number of methoxy groups -OCH3 is 1. The fourth-order valence-corrected chi connectivity index (χ4v) is 2.14. The van der Waals surface area contributed by atoms with Crippen LogP contribution in [0.1, 0.15) is 0 Å². The molecular weight excluding hydrogens is 301 g/mol. The molecule has 1 aromatic rings. The van der Waals surface area contributed by atoms with Crippen LogP contribution in [0.25, 0.3) is 0 Å². The molecule has 18 heavy (non-hydrogen) atoms. The summed E-state index contributed by atoms with van der Waals surface area (Å²) < 4.78 is 66.5. The number of nitrogen functional groups attached to an aromatic ring is 1. The molecule has 0 aromatic carbocycles. The summed E-state index contributed by atoms with van der Waals surface area (Å²) in [6.45, 7) is 0. The number of rotatable bonds is 3. The topological polar surface area (TPSA) is 91.5 Å². The number of aromatic nitrogens is 1. The fourth-order valence-electron chi connectivity index (χ4n) is 1.03. The third kappa shape index (κ3) is 3.53. The van der Waals surface area contributed by atoms with Crippen molar-refractivity contribution in [3.8, 4) is 11.8 Å². The molecule has 11 heteroatoms. The second kappa shape index (κ2) is 4.69. The SMILES string of the molecule is COc1cc(N)c(S(=O)(=O)Cl)c(OC(F)(F)F)n1. The van der Waals surface area contributed by atoms with Gasteiger partial charge < -0.3 is 15.2 Å². The second-order valence-electron chi connectivity index (χ2n) is 2.87. The molecule has 0 saturated heterocycles. The van der Waals surface area contributed by atoms with E-state index in [1.54, 1.807) is 0 Å². The zero-order chi connectivity index (χ0) is 14.1. The Morgan fingerprint density at radius 2 is 2.00 bits per heavy atom. The van der Waals surface area contributed by atoms with Crippen LogP contribution in [0.4, 0.5) is 18.9 Å². The van der Waals surface area contributed by atoms with E-state index in [2.05, 4.69) is 14.5 Å². The van der Waals surface area contributed by atoms with E-state index in [9.17, 15) is 21.6 Å². The first-order valence-corrected chi connectivity index (χ1v) is 6.40. The van der Waals surface area contributed by atoms with Crippen molar-refractivity contribution in [2.75, 3.05) is 12.8 Å². The van der Waals surface area contributed by atoms with Gasteiger partial charge in [0.15, 0.2) is 4.90 Å². The number of hydrogen-bond donors (Lipinski definition) is 1. The lowest BCUT2D eigenvalue weighted by Crippen LogP contribution is -2.20. The Hall–Kier alpha value is -1.42. The Labute approximate surface area is 104 Å². The molecule has 0 aliphatic carbocycles. The monoisotopic (exact) mass is 306 g/mol. The van der Waals surface area contributed by atoms with Gasteiger partial charge in [-0.25, -0.2) is 8.42 Å². The van der Waals surface area contributed by atoms with Crippen LogP contribution in [0, 0.1) is 0 Å². The Morgan fingerprint density at radius 1 is 1.44 bits per heavy atom. The number of ether oxygens (including phenoxy) is 2. The number of nitrogens with two attached hydrogens (primary N) is 1. The molecule has 102 valence electrons. The number of alkyl halides is 3. The van der Waals surface area contributed by atoms with Gasteiger partial charge >= 0.3 is 6.36 Å². The predicted octanol–water partition coefficient (Wildman–Crippen LogP) is 1.50. The first kappa shape index (κ1) is 14.6. The Bertz CT molecular complexity index is 561. The van der Waals surface area contributed by atoms with Crippen molar-refractivity contribution < 1.29 is 31.1 Å². The summed E-state index contributed by atoms with van der Waals surface area (Å²) in [5.41, 5.74) is 4.70. The van der Waals surface area contributed by atoms with Gasteiger partial charge in [0.2, 0.25) is 11.8 Å². The van der Waals surface area contributed by atoms with Gasteiger partial charge in [-0.05, 0) is 0 Å². The Kier molecular flexibility index (Phi) is 3.81. The minimum Gasteiger partial charge on any atom is -0.481 e.